The van der Waals surface area contributed by atoms with Crippen molar-refractivity contribution in [1.82, 2.24) is 39.0 Å². The van der Waals surface area contributed by atoms with E-state index >= 15 is 0 Å². The van der Waals surface area contributed by atoms with Crippen LogP contribution in [0.2, 0.25) is 0 Å². The van der Waals surface area contributed by atoms with Crippen LogP contribution in [0.3, 0.4) is 0 Å². The Morgan fingerprint density at radius 3 is 1.57 bits per heavy atom. The number of hydrogen-bond acceptors (Lipinski definition) is 11. The smallest absolute Gasteiger partial charge is 0.335 e. The number of para-hydroxylation sites is 2. The fraction of sp³-hybridized carbons (Fsp3) is 0.0851. The molecule has 1 unspecified atom stereocenters. The minimum absolute atomic E-state index is 0.00926. The lowest BCUT2D eigenvalue weighted by Crippen LogP contribution is -2.21. The summed E-state index contributed by atoms with van der Waals surface area (Å²) in [5.74, 6) is -5.52. The van der Waals surface area contributed by atoms with Gasteiger partial charge >= 0.3 is 11.9 Å². The van der Waals surface area contributed by atoms with Crippen molar-refractivity contribution in [3.8, 4) is 33.9 Å². The molecule has 0 aliphatic heterocycles. The number of aryl methyl sites for hydroxylation is 2. The van der Waals surface area contributed by atoms with Gasteiger partial charge in [0.1, 0.15) is 40.5 Å². The number of benzene rings is 4. The molecule has 9 rings (SSSR count). The van der Waals surface area contributed by atoms with Crippen LogP contribution in [-0.4, -0.2) is 71.7 Å². The van der Waals surface area contributed by atoms with Crippen LogP contribution >= 0.6 is 0 Å². The number of aromatic nitrogens is 8. The van der Waals surface area contributed by atoms with Crippen LogP contribution in [0.15, 0.2) is 124 Å². The summed E-state index contributed by atoms with van der Waals surface area (Å²) in [4.78, 5) is 73.3. The van der Waals surface area contributed by atoms with E-state index in [0.717, 1.165) is 51.6 Å². The van der Waals surface area contributed by atoms with Crippen LogP contribution in [0.1, 0.15) is 37.7 Å². The molecule has 0 radical (unpaired) electrons. The average Bonchev–Trinajstić information content (AvgIpc) is 3.83. The number of H-pyrrole nitrogens is 1. The highest BCUT2D eigenvalue weighted by atomic mass is 32.2. The van der Waals surface area contributed by atoms with Crippen molar-refractivity contribution in [1.29, 1.82) is 0 Å². The molecule has 0 saturated carbocycles. The molecule has 4 aromatic carbocycles. The predicted molar refractivity (Wildman–Crippen MR) is 243 cm³/mol. The van der Waals surface area contributed by atoms with Gasteiger partial charge in [-0.15, -0.1) is 0 Å². The molecule has 16 nitrogen and oxygen atoms in total. The highest BCUT2D eigenvalue weighted by molar-refractivity contribution is 7.84. The van der Waals surface area contributed by atoms with Crippen molar-refractivity contribution < 1.29 is 41.6 Å². The fourth-order valence-electron chi connectivity index (χ4n) is 7.24. The topological polar surface area (TPSA) is 228 Å². The number of fused-ring (bicyclic) bond motifs is 2. The number of hydrogen-bond donors (Lipinski definition) is 4. The molecule has 0 bridgehead atoms. The number of rotatable bonds is 10. The van der Waals surface area contributed by atoms with E-state index in [9.17, 15) is 51.2 Å². The molecule has 342 valence electrons. The molecule has 5 heterocycles. The zero-order valence-corrected chi connectivity index (χ0v) is 36.4. The summed E-state index contributed by atoms with van der Waals surface area (Å²) >= 11 is 0. The lowest BCUT2D eigenvalue weighted by Gasteiger charge is -2.16. The normalized spacial score (nSPS) is 11.6. The van der Waals surface area contributed by atoms with Gasteiger partial charge in [0.25, 0.3) is 11.1 Å². The number of nitrogens with one attached hydrogen (secondary N) is 2. The van der Waals surface area contributed by atoms with E-state index in [1.165, 1.54) is 48.7 Å². The van der Waals surface area contributed by atoms with Gasteiger partial charge in [-0.3, -0.25) is 22.9 Å². The predicted octanol–water partition coefficient (Wildman–Crippen LogP) is 7.54. The van der Waals surface area contributed by atoms with E-state index in [2.05, 4.69) is 35.2 Å². The number of halogens is 4. The van der Waals surface area contributed by atoms with Crippen LogP contribution in [0.25, 0.3) is 56.0 Å². The third-order valence-electron chi connectivity index (χ3n) is 10.5. The minimum Gasteiger partial charge on any atom is -0.478 e. The van der Waals surface area contributed by atoms with Gasteiger partial charge in [0, 0.05) is 52.7 Å². The molecule has 0 saturated heterocycles. The van der Waals surface area contributed by atoms with E-state index in [-0.39, 0.29) is 56.8 Å². The maximum absolute atomic E-state index is 14.8. The number of pyridine rings is 2. The number of aromatic carboxylic acids is 2. The molecule has 0 amide bonds. The zero-order valence-electron chi connectivity index (χ0n) is 35.6. The van der Waals surface area contributed by atoms with Crippen molar-refractivity contribution >= 4 is 50.8 Å². The number of imidazole rings is 1. The second-order valence-corrected chi connectivity index (χ2v) is 16.2. The second kappa shape index (κ2) is 18.6. The number of carboxylic acid groups (broad SMARTS) is 2. The molecular formula is C47H33F4N9O7S. The van der Waals surface area contributed by atoms with Crippen molar-refractivity contribution in [2.75, 3.05) is 11.6 Å². The van der Waals surface area contributed by atoms with E-state index < -0.39 is 68.5 Å². The summed E-state index contributed by atoms with van der Waals surface area (Å²) in [6, 6.07) is 20.5. The number of anilines is 1. The standard InChI is InChI=1S/C25H18F2N6O3.C22H15F2N3O4S/c1-13-5-6-14(24(35)36)11-16(13)21-15-7-8-20(34)33(22-17(26)3-2-4-18(22)27)23(15)32-25(31-21)30-12-19-28-9-10-29-19;1-11-6-7-12(21(29)30)10-14(11)18-13-8-9-17(28)27(19-15(23)4-3-5-16(19)24)20(13)26-22(25-18)32(2)31/h2-11H,12H2,1H3,(H,28,29)(H,35,36)(H,30,31,32);3-10H,1-2H3,(H,29,30). The van der Waals surface area contributed by atoms with Gasteiger partial charge in [0.15, 0.2) is 11.3 Å². The van der Waals surface area contributed by atoms with Crippen LogP contribution < -0.4 is 16.4 Å². The molecule has 0 fully saturated rings. The first-order valence-corrected chi connectivity index (χ1v) is 21.6. The Morgan fingerprint density at radius 2 is 1.13 bits per heavy atom. The van der Waals surface area contributed by atoms with Crippen LogP contribution in [0.5, 0.6) is 0 Å². The summed E-state index contributed by atoms with van der Waals surface area (Å²) in [5, 5.41) is 22.2. The summed E-state index contributed by atoms with van der Waals surface area (Å²) in [7, 11) is -1.71. The maximum atomic E-state index is 14.8. The third-order valence-corrected chi connectivity index (χ3v) is 11.2. The Balaban J connectivity index is 0.000000185. The van der Waals surface area contributed by atoms with Gasteiger partial charge in [-0.25, -0.2) is 47.1 Å². The molecule has 68 heavy (non-hydrogen) atoms. The molecular weight excluding hydrogens is 911 g/mol. The lowest BCUT2D eigenvalue weighted by molar-refractivity contribution is 0.0686. The molecule has 4 N–H and O–H groups in total. The van der Waals surface area contributed by atoms with Crippen molar-refractivity contribution in [2.45, 2.75) is 25.5 Å². The van der Waals surface area contributed by atoms with Crippen molar-refractivity contribution in [3.05, 3.63) is 182 Å². The van der Waals surface area contributed by atoms with Crippen LogP contribution in [0, 0.1) is 37.1 Å². The first-order chi connectivity index (χ1) is 32.5. The SMILES string of the molecule is Cc1ccc(C(=O)O)cc1-c1nc(NCc2ncc[nH]2)nc2c1ccc(=O)n2-c1c(F)cccc1F.Cc1ccc(C(=O)O)cc1-c1nc(S(C)=O)nc2c1ccc(=O)n2-c1c(F)cccc1F. The Kier molecular flexibility index (Phi) is 12.6. The minimum atomic E-state index is -1.71. The highest BCUT2D eigenvalue weighted by Gasteiger charge is 2.23. The Bertz CT molecular complexity index is 3620. The number of carboxylic acids is 2. The largest absolute Gasteiger partial charge is 0.478 e. The Labute approximate surface area is 382 Å². The lowest BCUT2D eigenvalue weighted by atomic mass is 10.00. The fourth-order valence-corrected chi connectivity index (χ4v) is 7.68. The monoisotopic (exact) mass is 943 g/mol. The van der Waals surface area contributed by atoms with Gasteiger partial charge in [-0.1, -0.05) is 24.3 Å². The van der Waals surface area contributed by atoms with Gasteiger partial charge < -0.3 is 20.5 Å². The number of aromatic amines is 1. The van der Waals surface area contributed by atoms with E-state index in [1.807, 2.05) is 0 Å². The second-order valence-electron chi connectivity index (χ2n) is 14.9. The summed E-state index contributed by atoms with van der Waals surface area (Å²) in [5.41, 5.74) is -0.183. The molecule has 0 aliphatic carbocycles. The third kappa shape index (κ3) is 8.84. The average molecular weight is 944 g/mol. The summed E-state index contributed by atoms with van der Waals surface area (Å²) in [6.45, 7) is 3.69. The quantitative estimate of drug-likeness (QED) is 0.0769. The van der Waals surface area contributed by atoms with E-state index in [0.29, 0.717) is 33.5 Å². The van der Waals surface area contributed by atoms with E-state index in [1.54, 1.807) is 38.4 Å². The van der Waals surface area contributed by atoms with Gasteiger partial charge in [0.05, 0.1) is 39.9 Å². The molecule has 5 aromatic heterocycles. The number of nitrogens with zero attached hydrogens (tertiary/aromatic N) is 7. The highest BCUT2D eigenvalue weighted by Crippen LogP contribution is 2.33. The first kappa shape index (κ1) is 45.8. The Hall–Kier alpha value is -8.72. The summed E-state index contributed by atoms with van der Waals surface area (Å²) in [6.07, 6.45) is 4.53. The molecule has 0 aliphatic rings. The maximum Gasteiger partial charge on any atom is 0.335 e. The van der Waals surface area contributed by atoms with Crippen molar-refractivity contribution in [2.24, 2.45) is 0 Å². The van der Waals surface area contributed by atoms with Gasteiger partial charge in [0.2, 0.25) is 11.1 Å². The molecule has 1 atom stereocenters. The van der Waals surface area contributed by atoms with E-state index in [4.69, 9.17) is 0 Å². The van der Waals surface area contributed by atoms with Crippen LogP contribution in [0.4, 0.5) is 23.5 Å². The Morgan fingerprint density at radius 1 is 0.662 bits per heavy atom. The zero-order chi connectivity index (χ0) is 48.6. The summed E-state index contributed by atoms with van der Waals surface area (Å²) < 4.78 is 72.5. The van der Waals surface area contributed by atoms with Gasteiger partial charge in [-0.05, 0) is 85.6 Å². The molecule has 9 aromatic rings. The molecule has 0 spiro atoms. The first-order valence-electron chi connectivity index (χ1n) is 20.0. The van der Waals surface area contributed by atoms with Crippen LogP contribution in [-0.2, 0) is 17.3 Å². The van der Waals surface area contributed by atoms with Crippen molar-refractivity contribution in [3.63, 3.8) is 0 Å². The number of carbonyl (C=O) groups is 2. The van der Waals surface area contributed by atoms with Gasteiger partial charge in [-0.2, -0.15) is 4.98 Å². The molecule has 21 heteroatoms.